The van der Waals surface area contributed by atoms with Crippen LogP contribution in [-0.2, 0) is 35.2 Å². The van der Waals surface area contributed by atoms with E-state index in [4.69, 9.17) is 11.1 Å². The van der Waals surface area contributed by atoms with Crippen LogP contribution in [0, 0.1) is 5.41 Å². The first kappa shape index (κ1) is 30.5. The zero-order chi connectivity index (χ0) is 28.9. The summed E-state index contributed by atoms with van der Waals surface area (Å²) in [7, 11) is 0. The lowest BCUT2D eigenvalue weighted by Gasteiger charge is -2.24. The number of amides is 5. The lowest BCUT2D eigenvalue weighted by Crippen LogP contribution is -2.57. The van der Waals surface area contributed by atoms with E-state index in [1.165, 1.54) is 6.92 Å². The molecule has 4 atom stereocenters. The third-order valence-electron chi connectivity index (χ3n) is 5.74. The number of guanidine groups is 1. The van der Waals surface area contributed by atoms with Crippen molar-refractivity contribution in [1.82, 2.24) is 31.9 Å². The van der Waals surface area contributed by atoms with Crippen molar-refractivity contribution in [2.24, 2.45) is 5.73 Å². The van der Waals surface area contributed by atoms with Crippen LogP contribution in [0.2, 0.25) is 0 Å². The van der Waals surface area contributed by atoms with Crippen LogP contribution in [-0.4, -0.2) is 83.8 Å². The van der Waals surface area contributed by atoms with Gasteiger partial charge in [-0.2, -0.15) is 0 Å². The molecule has 0 spiro atoms. The molecule has 0 saturated carbocycles. The number of rotatable bonds is 8. The number of hydrogen-bond acceptors (Lipinski definition) is 7. The number of carbonyl (C=O) groups is 6. The molecule has 1 aliphatic heterocycles. The van der Waals surface area contributed by atoms with Crippen molar-refractivity contribution < 1.29 is 33.9 Å². The van der Waals surface area contributed by atoms with Crippen molar-refractivity contribution in [2.75, 3.05) is 13.1 Å². The van der Waals surface area contributed by atoms with E-state index in [0.29, 0.717) is 12.0 Å². The molecule has 1 aromatic carbocycles. The Bertz CT molecular complexity index is 1080. The average Bonchev–Trinajstić information content (AvgIpc) is 2.87. The Morgan fingerprint density at radius 2 is 1.59 bits per heavy atom. The second-order valence-electron chi connectivity index (χ2n) is 8.96. The number of hydrogen-bond donors (Lipinski definition) is 9. The zero-order valence-corrected chi connectivity index (χ0v) is 21.4. The van der Waals surface area contributed by atoms with E-state index >= 15 is 0 Å². The monoisotopic (exact) mass is 546 g/mol. The summed E-state index contributed by atoms with van der Waals surface area (Å²) >= 11 is 0. The third kappa shape index (κ3) is 10.7. The number of carbonyl (C=O) groups excluding carboxylic acids is 5. The van der Waals surface area contributed by atoms with Crippen LogP contribution in [0.1, 0.15) is 31.7 Å². The molecular weight excluding hydrogens is 512 g/mol. The fraction of sp³-hybridized carbons (Fsp3) is 0.458. The zero-order valence-electron chi connectivity index (χ0n) is 21.4. The molecule has 1 heterocycles. The van der Waals surface area contributed by atoms with Gasteiger partial charge in [-0.15, -0.1) is 0 Å². The van der Waals surface area contributed by atoms with Crippen molar-refractivity contribution in [3.8, 4) is 0 Å². The van der Waals surface area contributed by atoms with Gasteiger partial charge in [0.1, 0.15) is 24.2 Å². The third-order valence-corrected chi connectivity index (χ3v) is 5.74. The molecule has 2 rings (SSSR count). The SMILES string of the molecule is C[C@H]1NC(=O)[C@H](Cc2ccccc2)NC(=O)[C@H](CC(=O)O)NC(=O)CNC(=O)[C@H](CCCNC(=N)N)NC1=O. The Balaban J connectivity index is 2.32. The topological polar surface area (TPSA) is 245 Å². The Hall–Kier alpha value is -4.69. The number of nitrogens with two attached hydrogens (primary N) is 1. The first-order chi connectivity index (χ1) is 18.5. The molecule has 212 valence electrons. The highest BCUT2D eigenvalue weighted by atomic mass is 16.4. The molecule has 0 bridgehead atoms. The van der Waals surface area contributed by atoms with Gasteiger partial charge in [0.15, 0.2) is 5.96 Å². The van der Waals surface area contributed by atoms with Crippen LogP contribution < -0.4 is 37.6 Å². The van der Waals surface area contributed by atoms with Gasteiger partial charge in [-0.05, 0) is 25.3 Å². The summed E-state index contributed by atoms with van der Waals surface area (Å²) in [5, 5.41) is 31.2. The molecule has 0 radical (unpaired) electrons. The van der Waals surface area contributed by atoms with E-state index in [1.54, 1.807) is 30.3 Å². The Morgan fingerprint density at radius 1 is 0.949 bits per heavy atom. The predicted octanol–water partition coefficient (Wildman–Crippen LogP) is -2.94. The number of aliphatic carboxylic acids is 1. The summed E-state index contributed by atoms with van der Waals surface area (Å²) in [5.41, 5.74) is 5.93. The van der Waals surface area contributed by atoms with Gasteiger partial charge in [0.25, 0.3) is 0 Å². The fourth-order valence-corrected chi connectivity index (χ4v) is 3.73. The Labute approximate surface area is 224 Å². The van der Waals surface area contributed by atoms with E-state index in [-0.39, 0.29) is 25.3 Å². The minimum absolute atomic E-state index is 0.0201. The molecule has 15 heteroatoms. The van der Waals surface area contributed by atoms with E-state index in [0.717, 1.165) is 0 Å². The maximum atomic E-state index is 13.1. The standard InChI is InChI=1S/C24H34N8O7/c1-13-20(36)31-15(8-5-9-27-24(25)26)21(37)28-12-18(33)30-17(11-19(34)35)23(39)32-16(22(38)29-13)10-14-6-3-2-4-7-14/h2-4,6-7,13,15-17H,5,8-12H2,1H3,(H,28,37)(H,29,38)(H,30,33)(H,31,36)(H,32,39)(H,34,35)(H4,25,26,27)/t13-,15+,16+,17+/m1/s1. The molecular formula is C24H34N8O7. The van der Waals surface area contributed by atoms with E-state index in [2.05, 4.69) is 31.9 Å². The van der Waals surface area contributed by atoms with Gasteiger partial charge >= 0.3 is 5.97 Å². The predicted molar refractivity (Wildman–Crippen MR) is 138 cm³/mol. The van der Waals surface area contributed by atoms with Crippen molar-refractivity contribution in [3.05, 3.63) is 35.9 Å². The van der Waals surface area contributed by atoms with Crippen molar-refractivity contribution in [1.29, 1.82) is 5.41 Å². The lowest BCUT2D eigenvalue weighted by atomic mass is 10.0. The van der Waals surface area contributed by atoms with E-state index in [9.17, 15) is 33.9 Å². The second kappa shape index (κ2) is 14.9. The van der Waals surface area contributed by atoms with Crippen LogP contribution >= 0.6 is 0 Å². The largest absolute Gasteiger partial charge is 0.481 e. The Kier molecular flexibility index (Phi) is 11.7. The molecule has 39 heavy (non-hydrogen) atoms. The quantitative estimate of drug-likeness (QED) is 0.0918. The maximum absolute atomic E-state index is 13.1. The molecule has 5 amide bonds. The smallest absolute Gasteiger partial charge is 0.305 e. The maximum Gasteiger partial charge on any atom is 0.305 e. The molecule has 1 aromatic rings. The van der Waals surface area contributed by atoms with Gasteiger partial charge in [-0.1, -0.05) is 30.3 Å². The van der Waals surface area contributed by atoms with Crippen LogP contribution in [0.3, 0.4) is 0 Å². The summed E-state index contributed by atoms with van der Waals surface area (Å²) in [6.07, 6.45) is -0.318. The van der Waals surface area contributed by atoms with Crippen molar-refractivity contribution in [3.63, 3.8) is 0 Å². The molecule has 0 aliphatic carbocycles. The van der Waals surface area contributed by atoms with Crippen LogP contribution in [0.4, 0.5) is 0 Å². The minimum atomic E-state index is -1.53. The van der Waals surface area contributed by atoms with Crippen LogP contribution in [0.25, 0.3) is 0 Å². The summed E-state index contributed by atoms with van der Waals surface area (Å²) < 4.78 is 0. The average molecular weight is 547 g/mol. The molecule has 1 saturated heterocycles. The Morgan fingerprint density at radius 3 is 2.23 bits per heavy atom. The van der Waals surface area contributed by atoms with Gasteiger partial charge < -0.3 is 42.7 Å². The van der Waals surface area contributed by atoms with Crippen LogP contribution in [0.15, 0.2) is 30.3 Å². The first-order valence-electron chi connectivity index (χ1n) is 12.3. The molecule has 1 aliphatic rings. The highest BCUT2D eigenvalue weighted by molar-refractivity contribution is 5.97. The van der Waals surface area contributed by atoms with Gasteiger partial charge in [-0.25, -0.2) is 0 Å². The first-order valence-corrected chi connectivity index (χ1v) is 12.3. The molecule has 0 unspecified atom stereocenters. The summed E-state index contributed by atoms with van der Waals surface area (Å²) in [4.78, 5) is 75.6. The van der Waals surface area contributed by atoms with E-state index in [1.807, 2.05) is 0 Å². The van der Waals surface area contributed by atoms with Crippen molar-refractivity contribution in [2.45, 2.75) is 56.8 Å². The van der Waals surface area contributed by atoms with Gasteiger partial charge in [-0.3, -0.25) is 34.2 Å². The lowest BCUT2D eigenvalue weighted by molar-refractivity contribution is -0.141. The highest BCUT2D eigenvalue weighted by Gasteiger charge is 2.31. The highest BCUT2D eigenvalue weighted by Crippen LogP contribution is 2.06. The summed E-state index contributed by atoms with van der Waals surface area (Å²) in [6.45, 7) is 1.05. The summed E-state index contributed by atoms with van der Waals surface area (Å²) in [5.74, 6) is -5.52. The van der Waals surface area contributed by atoms with Gasteiger partial charge in [0.2, 0.25) is 29.5 Å². The number of carboxylic acids is 1. The number of benzene rings is 1. The number of carboxylic acid groups (broad SMARTS) is 1. The normalized spacial score (nSPS) is 23.1. The van der Waals surface area contributed by atoms with Gasteiger partial charge in [0.05, 0.1) is 13.0 Å². The van der Waals surface area contributed by atoms with Crippen LogP contribution in [0.5, 0.6) is 0 Å². The van der Waals surface area contributed by atoms with Gasteiger partial charge in [0, 0.05) is 13.0 Å². The number of nitrogens with one attached hydrogen (secondary N) is 7. The molecule has 1 fully saturated rings. The summed E-state index contributed by atoms with van der Waals surface area (Å²) in [6, 6.07) is 3.74. The van der Waals surface area contributed by atoms with E-state index < -0.39 is 72.6 Å². The molecule has 10 N–H and O–H groups in total. The molecule has 0 aromatic heterocycles. The fourth-order valence-electron chi connectivity index (χ4n) is 3.73. The van der Waals surface area contributed by atoms with Crippen molar-refractivity contribution >= 4 is 41.5 Å². The second-order valence-corrected chi connectivity index (χ2v) is 8.96. The molecule has 15 nitrogen and oxygen atoms in total. The minimum Gasteiger partial charge on any atom is -0.481 e.